The molecule has 1 atom stereocenters. The largest absolute Gasteiger partial charge is 0.463 e. The molecule has 0 aromatic heterocycles. The van der Waals surface area contributed by atoms with E-state index in [0.29, 0.717) is 23.6 Å². The molecule has 1 aliphatic rings. The van der Waals surface area contributed by atoms with Crippen molar-refractivity contribution in [3.8, 4) is 0 Å². The highest BCUT2D eigenvalue weighted by molar-refractivity contribution is 7.99. The molecule has 0 fully saturated rings. The molecule has 2 aromatic rings. The monoisotopic (exact) mass is 356 g/mol. The number of rotatable bonds is 5. The van der Waals surface area contributed by atoms with Gasteiger partial charge in [-0.1, -0.05) is 30.3 Å². The summed E-state index contributed by atoms with van der Waals surface area (Å²) in [7, 11) is 0. The van der Waals surface area contributed by atoms with E-state index in [4.69, 9.17) is 4.74 Å². The van der Waals surface area contributed by atoms with Crippen LogP contribution in [0.3, 0.4) is 0 Å². The van der Waals surface area contributed by atoms with Gasteiger partial charge in [0.15, 0.2) is 0 Å². The summed E-state index contributed by atoms with van der Waals surface area (Å²) in [4.78, 5) is 25.1. The smallest absolute Gasteiger partial charge is 0.337 e. The Bertz CT molecular complexity index is 847. The molecule has 0 bridgehead atoms. The summed E-state index contributed by atoms with van der Waals surface area (Å²) < 4.78 is 5.13. The van der Waals surface area contributed by atoms with Gasteiger partial charge in [-0.3, -0.25) is 0 Å². The van der Waals surface area contributed by atoms with Crippen molar-refractivity contribution in [2.24, 2.45) is 0 Å². The normalized spacial score (nSPS) is 17.2. The van der Waals surface area contributed by atoms with Crippen LogP contribution in [0, 0.1) is 0 Å². The van der Waals surface area contributed by atoms with E-state index in [1.54, 1.807) is 25.6 Å². The quantitative estimate of drug-likeness (QED) is 0.636. The number of benzene rings is 2. The van der Waals surface area contributed by atoms with Gasteiger partial charge in [0, 0.05) is 16.3 Å². The van der Waals surface area contributed by atoms with Crippen LogP contribution in [0.25, 0.3) is 10.8 Å². The van der Waals surface area contributed by atoms with E-state index in [1.807, 2.05) is 18.2 Å². The van der Waals surface area contributed by atoms with Crippen molar-refractivity contribution >= 4 is 34.5 Å². The zero-order valence-electron chi connectivity index (χ0n) is 14.2. The van der Waals surface area contributed by atoms with E-state index in [9.17, 15) is 9.59 Å². The van der Waals surface area contributed by atoms with E-state index < -0.39 is 5.97 Å². The Labute approximate surface area is 150 Å². The van der Waals surface area contributed by atoms with Crippen LogP contribution in [0.5, 0.6) is 0 Å². The highest BCUT2D eigenvalue weighted by Gasteiger charge is 2.29. The first-order valence-electron chi connectivity index (χ1n) is 8.17. The Morgan fingerprint density at radius 3 is 2.72 bits per heavy atom. The van der Waals surface area contributed by atoms with Gasteiger partial charge in [0.05, 0.1) is 18.2 Å². The summed E-state index contributed by atoms with van der Waals surface area (Å²) in [5.74, 6) is 0.0983. The number of fused-ring (bicyclic) bond motifs is 1. The van der Waals surface area contributed by atoms with Crippen molar-refractivity contribution in [2.75, 3.05) is 12.4 Å². The van der Waals surface area contributed by atoms with Crippen molar-refractivity contribution in [1.29, 1.82) is 0 Å². The summed E-state index contributed by atoms with van der Waals surface area (Å²) in [6.45, 7) is 3.85. The highest BCUT2D eigenvalue weighted by atomic mass is 32.2. The van der Waals surface area contributed by atoms with Crippen molar-refractivity contribution < 1.29 is 14.3 Å². The van der Waals surface area contributed by atoms with Gasteiger partial charge in [0.1, 0.15) is 0 Å². The molecule has 2 N–H and O–H groups in total. The zero-order chi connectivity index (χ0) is 17.8. The Kier molecular flexibility index (Phi) is 5.28. The Hall–Kier alpha value is -2.47. The first kappa shape index (κ1) is 17.4. The van der Waals surface area contributed by atoms with Crippen LogP contribution in [-0.2, 0) is 9.53 Å². The molecule has 1 unspecified atom stereocenters. The molecule has 6 heteroatoms. The molecular formula is C19H20N2O3S. The molecule has 2 aromatic carbocycles. The molecule has 0 aliphatic carbocycles. The van der Waals surface area contributed by atoms with Gasteiger partial charge in [-0.05, 0) is 36.8 Å². The van der Waals surface area contributed by atoms with Crippen molar-refractivity contribution in [1.82, 2.24) is 10.6 Å². The van der Waals surface area contributed by atoms with E-state index in [1.165, 1.54) is 5.39 Å². The minimum atomic E-state index is -0.392. The van der Waals surface area contributed by atoms with Crippen LogP contribution in [0.2, 0.25) is 0 Å². The lowest BCUT2D eigenvalue weighted by molar-refractivity contribution is -0.138. The second-order valence-electron chi connectivity index (χ2n) is 5.73. The molecule has 25 heavy (non-hydrogen) atoms. The number of hydrogen-bond acceptors (Lipinski definition) is 4. The average molecular weight is 356 g/mol. The molecule has 5 nitrogen and oxygen atoms in total. The number of carbonyl (C=O) groups excluding carboxylic acids is 2. The molecule has 0 radical (unpaired) electrons. The third-order valence-electron chi connectivity index (χ3n) is 3.97. The number of amides is 2. The number of ether oxygens (including phenoxy) is 1. The molecule has 0 saturated heterocycles. The number of hydrogen-bond donors (Lipinski definition) is 2. The maximum atomic E-state index is 12.2. The van der Waals surface area contributed by atoms with Gasteiger partial charge < -0.3 is 15.4 Å². The number of thioether (sulfide) groups is 1. The highest BCUT2D eigenvalue weighted by Crippen LogP contribution is 2.27. The van der Waals surface area contributed by atoms with Crippen LogP contribution < -0.4 is 10.6 Å². The second-order valence-corrected chi connectivity index (χ2v) is 6.78. The first-order valence-corrected chi connectivity index (χ1v) is 9.16. The van der Waals surface area contributed by atoms with Gasteiger partial charge in [0.2, 0.25) is 0 Å². The van der Waals surface area contributed by atoms with Gasteiger partial charge in [-0.2, -0.15) is 0 Å². The number of esters is 1. The molecule has 0 saturated carbocycles. The van der Waals surface area contributed by atoms with Crippen LogP contribution in [-0.4, -0.2) is 30.4 Å². The maximum absolute atomic E-state index is 12.2. The van der Waals surface area contributed by atoms with E-state index in [0.717, 1.165) is 10.3 Å². The Morgan fingerprint density at radius 2 is 1.96 bits per heavy atom. The molecule has 1 aliphatic heterocycles. The standard InChI is InChI=1S/C19H20N2O3S/c1-3-24-18(22)17-12(2)20-19(23)21-16(17)11-25-15-9-8-13-6-4-5-7-14(13)10-15/h4-10,12H,3,11H2,1-2H3,(H2,20,21,23). The van der Waals surface area contributed by atoms with E-state index in [2.05, 4.69) is 34.9 Å². The summed E-state index contributed by atoms with van der Waals surface area (Å²) in [6, 6.07) is 13.7. The fourth-order valence-electron chi connectivity index (χ4n) is 2.81. The second kappa shape index (κ2) is 7.61. The lowest BCUT2D eigenvalue weighted by Crippen LogP contribution is -2.49. The predicted octanol–water partition coefficient (Wildman–Crippen LogP) is 3.45. The van der Waals surface area contributed by atoms with Crippen molar-refractivity contribution in [3.05, 3.63) is 53.7 Å². The van der Waals surface area contributed by atoms with Gasteiger partial charge in [-0.15, -0.1) is 11.8 Å². The summed E-state index contributed by atoms with van der Waals surface area (Å²) in [6.07, 6.45) is 0. The zero-order valence-corrected chi connectivity index (χ0v) is 15.0. The fraction of sp³-hybridized carbons (Fsp3) is 0.263. The van der Waals surface area contributed by atoms with Crippen LogP contribution in [0.15, 0.2) is 58.6 Å². The van der Waals surface area contributed by atoms with Gasteiger partial charge in [-0.25, -0.2) is 9.59 Å². The van der Waals surface area contributed by atoms with Crippen LogP contribution in [0.1, 0.15) is 13.8 Å². The van der Waals surface area contributed by atoms with Gasteiger partial charge >= 0.3 is 12.0 Å². The average Bonchev–Trinajstić information content (AvgIpc) is 2.59. The molecular weight excluding hydrogens is 336 g/mol. The first-order chi connectivity index (χ1) is 12.1. The maximum Gasteiger partial charge on any atom is 0.337 e. The lowest BCUT2D eigenvalue weighted by atomic mass is 10.1. The van der Waals surface area contributed by atoms with E-state index >= 15 is 0 Å². The molecule has 130 valence electrons. The van der Waals surface area contributed by atoms with Crippen LogP contribution in [0.4, 0.5) is 4.79 Å². The fourth-order valence-corrected chi connectivity index (χ4v) is 3.72. The number of urea groups is 1. The SMILES string of the molecule is CCOC(=O)C1=C(CSc2ccc3ccccc3c2)NC(=O)NC1C. The van der Waals surface area contributed by atoms with Crippen LogP contribution >= 0.6 is 11.8 Å². The van der Waals surface area contributed by atoms with Gasteiger partial charge in [0.25, 0.3) is 0 Å². The third-order valence-corrected chi connectivity index (χ3v) is 4.99. The van der Waals surface area contributed by atoms with Crippen molar-refractivity contribution in [3.63, 3.8) is 0 Å². The topological polar surface area (TPSA) is 67.4 Å². The molecule has 2 amide bonds. The minimum absolute atomic E-state index is 0.297. The summed E-state index contributed by atoms with van der Waals surface area (Å²) >= 11 is 1.58. The number of carbonyl (C=O) groups is 2. The summed E-state index contributed by atoms with van der Waals surface area (Å²) in [5.41, 5.74) is 1.09. The Morgan fingerprint density at radius 1 is 1.20 bits per heavy atom. The third kappa shape index (κ3) is 3.96. The molecule has 3 rings (SSSR count). The molecule has 0 spiro atoms. The minimum Gasteiger partial charge on any atom is -0.463 e. The van der Waals surface area contributed by atoms with Crippen molar-refractivity contribution in [2.45, 2.75) is 24.8 Å². The van der Waals surface area contributed by atoms with E-state index in [-0.39, 0.29) is 12.1 Å². The molecule has 1 heterocycles. The summed E-state index contributed by atoms with van der Waals surface area (Å²) in [5, 5.41) is 7.80. The Balaban J connectivity index is 1.83. The predicted molar refractivity (Wildman–Crippen MR) is 99.5 cm³/mol. The number of nitrogens with one attached hydrogen (secondary N) is 2. The lowest BCUT2D eigenvalue weighted by Gasteiger charge is -2.26.